The van der Waals surface area contributed by atoms with E-state index in [1.165, 1.54) is 12.1 Å². The molecule has 2 saturated heterocycles. The van der Waals surface area contributed by atoms with E-state index in [4.69, 9.17) is 16.0 Å². The molecule has 37 heavy (non-hydrogen) atoms. The molecule has 0 radical (unpaired) electrons. The van der Waals surface area contributed by atoms with Crippen LogP contribution in [0.1, 0.15) is 41.6 Å². The van der Waals surface area contributed by atoms with Crippen LogP contribution in [0.15, 0.2) is 42.5 Å². The van der Waals surface area contributed by atoms with Gasteiger partial charge >= 0.3 is 6.18 Å². The van der Waals surface area contributed by atoms with Crippen molar-refractivity contribution >= 4 is 17.3 Å². The second-order valence-electron chi connectivity index (χ2n) is 9.40. The number of ether oxygens (including phenoxy) is 2. The summed E-state index contributed by atoms with van der Waals surface area (Å²) in [6, 6.07) is 10.8. The monoisotopic (exact) mass is 517 g/mol. The van der Waals surface area contributed by atoms with E-state index in [-0.39, 0.29) is 5.91 Å². The lowest BCUT2D eigenvalue weighted by Gasteiger charge is -2.39. The number of piperidine rings is 1. The standard InChI is InChI=1S/C27H30F3N3O4/c1-31-24-8-5-21(19-23(24)27(28,29)30)32-12-10-26(35,11-13-32)9-2-16-37-22-6-3-20(4-7-22)25(34)33-14-17-36-18-15-33/h3-8,19,35H,2,9-18H2. The van der Waals surface area contributed by atoms with Crippen molar-refractivity contribution in [1.82, 2.24) is 4.90 Å². The molecule has 2 aromatic carbocycles. The Labute approximate surface area is 214 Å². The van der Waals surface area contributed by atoms with Gasteiger partial charge in [-0.1, -0.05) is 6.07 Å². The van der Waals surface area contributed by atoms with E-state index in [9.17, 15) is 23.1 Å². The minimum absolute atomic E-state index is 0.0274. The van der Waals surface area contributed by atoms with Gasteiger partial charge in [-0.2, -0.15) is 13.2 Å². The first kappa shape index (κ1) is 26.8. The van der Waals surface area contributed by atoms with Crippen molar-refractivity contribution in [3.8, 4) is 5.75 Å². The van der Waals surface area contributed by atoms with Gasteiger partial charge in [0.1, 0.15) is 5.75 Å². The Hall–Kier alpha value is -3.29. The van der Waals surface area contributed by atoms with E-state index in [1.54, 1.807) is 29.2 Å². The number of benzene rings is 2. The number of carbonyl (C=O) groups is 1. The molecule has 0 aliphatic carbocycles. The Balaban J connectivity index is 1.23. The fourth-order valence-electron chi connectivity index (χ4n) is 4.71. The zero-order valence-electron chi connectivity index (χ0n) is 20.5. The molecule has 7 nitrogen and oxygen atoms in total. The van der Waals surface area contributed by atoms with Gasteiger partial charge in [-0.05, 0) is 62.1 Å². The number of anilines is 1. The number of carbonyl (C=O) groups excluding carboxylic acids is 1. The fourth-order valence-corrected chi connectivity index (χ4v) is 4.71. The summed E-state index contributed by atoms with van der Waals surface area (Å²) in [7, 11) is 0. The van der Waals surface area contributed by atoms with E-state index in [0.29, 0.717) is 88.7 Å². The Morgan fingerprint density at radius 3 is 2.38 bits per heavy atom. The van der Waals surface area contributed by atoms with Gasteiger partial charge in [-0.3, -0.25) is 4.79 Å². The van der Waals surface area contributed by atoms with Crippen molar-refractivity contribution in [2.24, 2.45) is 0 Å². The molecule has 1 amide bonds. The molecule has 1 N–H and O–H groups in total. The van der Waals surface area contributed by atoms with E-state index in [1.807, 2.05) is 4.90 Å². The third-order valence-corrected chi connectivity index (χ3v) is 6.92. The number of morpholine rings is 1. The van der Waals surface area contributed by atoms with Crippen molar-refractivity contribution in [3.63, 3.8) is 0 Å². The highest BCUT2D eigenvalue weighted by Crippen LogP contribution is 2.39. The van der Waals surface area contributed by atoms with Gasteiger partial charge in [0.05, 0.1) is 37.6 Å². The SMILES string of the molecule is [C-]#[N+]c1ccc(N2CCC(O)(CCCOc3ccc(C(=O)N4CCOCC4)cc3)CC2)cc1C(F)(F)F. The summed E-state index contributed by atoms with van der Waals surface area (Å²) in [6.07, 6.45) is -2.61. The maximum atomic E-state index is 13.3. The van der Waals surface area contributed by atoms with Crippen molar-refractivity contribution in [2.75, 3.05) is 50.9 Å². The first-order valence-corrected chi connectivity index (χ1v) is 12.3. The molecule has 0 aromatic heterocycles. The van der Waals surface area contributed by atoms with Gasteiger partial charge in [0.25, 0.3) is 5.91 Å². The highest BCUT2D eigenvalue weighted by Gasteiger charge is 2.36. The van der Waals surface area contributed by atoms with Crippen molar-refractivity contribution in [2.45, 2.75) is 37.5 Å². The maximum absolute atomic E-state index is 13.3. The largest absolute Gasteiger partial charge is 0.494 e. The summed E-state index contributed by atoms with van der Waals surface area (Å²) in [5.41, 5.74) is -1.25. The predicted octanol–water partition coefficient (Wildman–Crippen LogP) is 4.92. The van der Waals surface area contributed by atoms with Gasteiger partial charge < -0.3 is 24.4 Å². The molecule has 2 heterocycles. The van der Waals surface area contributed by atoms with E-state index in [0.717, 1.165) is 6.07 Å². The average molecular weight is 518 g/mol. The molecule has 2 aliphatic rings. The Morgan fingerprint density at radius 2 is 1.76 bits per heavy atom. The minimum atomic E-state index is -4.59. The lowest BCUT2D eigenvalue weighted by atomic mass is 9.87. The van der Waals surface area contributed by atoms with Crippen LogP contribution in [0.2, 0.25) is 0 Å². The number of hydrogen-bond donors (Lipinski definition) is 1. The van der Waals surface area contributed by atoms with Gasteiger partial charge in [0.15, 0.2) is 5.69 Å². The Kier molecular flexibility index (Phi) is 8.25. The van der Waals surface area contributed by atoms with Crippen molar-refractivity contribution < 1.29 is 32.5 Å². The van der Waals surface area contributed by atoms with Crippen LogP contribution in [0.25, 0.3) is 4.85 Å². The average Bonchev–Trinajstić information content (AvgIpc) is 2.91. The van der Waals surface area contributed by atoms with Crippen LogP contribution < -0.4 is 9.64 Å². The number of aliphatic hydroxyl groups is 1. The third-order valence-electron chi connectivity index (χ3n) is 6.92. The Morgan fingerprint density at radius 1 is 1.08 bits per heavy atom. The number of amides is 1. The predicted molar refractivity (Wildman–Crippen MR) is 132 cm³/mol. The maximum Gasteiger partial charge on any atom is 0.407 e. The fraction of sp³-hybridized carbons (Fsp3) is 0.481. The van der Waals surface area contributed by atoms with Gasteiger partial charge in [-0.15, -0.1) is 0 Å². The van der Waals surface area contributed by atoms with Crippen molar-refractivity contribution in [1.29, 1.82) is 0 Å². The summed E-state index contributed by atoms with van der Waals surface area (Å²) in [4.78, 5) is 19.1. The molecule has 0 atom stereocenters. The number of halogens is 3. The van der Waals surface area contributed by atoms with Crippen LogP contribution in [0.3, 0.4) is 0 Å². The molecule has 0 spiro atoms. The smallest absolute Gasteiger partial charge is 0.407 e. The molecule has 0 bridgehead atoms. The first-order valence-electron chi connectivity index (χ1n) is 12.3. The molecule has 2 aliphatic heterocycles. The van der Waals surface area contributed by atoms with Crippen LogP contribution in [0, 0.1) is 6.57 Å². The lowest BCUT2D eigenvalue weighted by molar-refractivity contribution is -0.136. The summed E-state index contributed by atoms with van der Waals surface area (Å²) >= 11 is 0. The van der Waals surface area contributed by atoms with Gasteiger partial charge in [-0.25, -0.2) is 4.85 Å². The molecule has 0 unspecified atom stereocenters. The zero-order valence-corrected chi connectivity index (χ0v) is 20.5. The Bertz CT molecular complexity index is 1120. The second kappa shape index (κ2) is 11.4. The van der Waals surface area contributed by atoms with E-state index >= 15 is 0 Å². The van der Waals surface area contributed by atoms with E-state index in [2.05, 4.69) is 4.85 Å². The number of alkyl halides is 3. The number of rotatable bonds is 7. The molecular formula is C27H30F3N3O4. The molecule has 0 saturated carbocycles. The molecule has 4 rings (SSSR count). The zero-order chi connectivity index (χ0) is 26.5. The summed E-state index contributed by atoms with van der Waals surface area (Å²) in [5.74, 6) is 0.615. The van der Waals surface area contributed by atoms with Gasteiger partial charge in [0.2, 0.25) is 0 Å². The molecule has 2 fully saturated rings. The summed E-state index contributed by atoms with van der Waals surface area (Å²) in [6.45, 7) is 10.5. The van der Waals surface area contributed by atoms with Crippen molar-refractivity contribution in [3.05, 3.63) is 65.0 Å². The first-order chi connectivity index (χ1) is 17.7. The number of nitrogens with zero attached hydrogens (tertiary/aromatic N) is 3. The number of hydrogen-bond acceptors (Lipinski definition) is 5. The van der Waals surface area contributed by atoms with Crippen LogP contribution in [0.4, 0.5) is 24.5 Å². The molecular weight excluding hydrogens is 487 g/mol. The molecule has 10 heteroatoms. The van der Waals surface area contributed by atoms with Crippen LogP contribution in [-0.2, 0) is 10.9 Å². The summed E-state index contributed by atoms with van der Waals surface area (Å²) in [5, 5.41) is 11.0. The minimum Gasteiger partial charge on any atom is -0.494 e. The topological polar surface area (TPSA) is 66.6 Å². The third kappa shape index (κ3) is 6.73. The molecule has 198 valence electrons. The van der Waals surface area contributed by atoms with E-state index < -0.39 is 23.0 Å². The van der Waals surface area contributed by atoms with Crippen LogP contribution in [-0.4, -0.2) is 67.5 Å². The lowest BCUT2D eigenvalue weighted by Crippen LogP contribution is -2.44. The molecule has 2 aromatic rings. The van der Waals surface area contributed by atoms with Crippen LogP contribution >= 0.6 is 0 Å². The quantitative estimate of drug-likeness (QED) is 0.417. The van der Waals surface area contributed by atoms with Crippen LogP contribution in [0.5, 0.6) is 5.75 Å². The van der Waals surface area contributed by atoms with Gasteiger partial charge in [0, 0.05) is 37.4 Å². The normalized spacial score (nSPS) is 17.8. The highest BCUT2D eigenvalue weighted by atomic mass is 19.4. The second-order valence-corrected chi connectivity index (χ2v) is 9.40. The summed E-state index contributed by atoms with van der Waals surface area (Å²) < 4.78 is 51.0. The highest BCUT2D eigenvalue weighted by molar-refractivity contribution is 5.94.